The van der Waals surface area contributed by atoms with Crippen LogP contribution >= 0.6 is 12.4 Å². The van der Waals surface area contributed by atoms with Crippen molar-refractivity contribution >= 4 is 22.2 Å². The summed E-state index contributed by atoms with van der Waals surface area (Å²) in [6.45, 7) is 6.01. The van der Waals surface area contributed by atoms with Gasteiger partial charge in [-0.2, -0.15) is 0 Å². The second-order valence-corrected chi connectivity index (χ2v) is 9.72. The van der Waals surface area contributed by atoms with Crippen LogP contribution in [0.3, 0.4) is 0 Å². The monoisotopic (exact) mass is 420 g/mol. The molecule has 0 amide bonds. The zero-order valence-electron chi connectivity index (χ0n) is 16.0. The normalized spacial score (nSPS) is 27.0. The van der Waals surface area contributed by atoms with Gasteiger partial charge in [0.05, 0.1) is 11.5 Å². The van der Waals surface area contributed by atoms with Crippen LogP contribution in [-0.4, -0.2) is 57.9 Å². The Bertz CT molecular complexity index is 724. The minimum Gasteiger partial charge on any atom is -0.490 e. The molecule has 3 rings (SSSR count). The highest BCUT2D eigenvalue weighted by molar-refractivity contribution is 7.90. The summed E-state index contributed by atoms with van der Waals surface area (Å²) in [4.78, 5) is 2.58. The molecule has 5 nitrogen and oxygen atoms in total. The quantitative estimate of drug-likeness (QED) is 0.793. The molecule has 1 N–H and O–H groups in total. The number of ether oxygens (including phenoxy) is 1. The zero-order valence-corrected chi connectivity index (χ0v) is 17.6. The number of hydrogen-bond donors (Lipinski definition) is 1. The van der Waals surface area contributed by atoms with Gasteiger partial charge in [-0.1, -0.05) is 0 Å². The van der Waals surface area contributed by atoms with E-state index in [2.05, 4.69) is 17.1 Å². The Kier molecular flexibility index (Phi) is 7.92. The van der Waals surface area contributed by atoms with Gasteiger partial charge in [-0.3, -0.25) is 4.90 Å². The number of benzene rings is 1. The van der Waals surface area contributed by atoms with E-state index >= 15 is 0 Å². The number of sulfone groups is 1. The van der Waals surface area contributed by atoms with Gasteiger partial charge >= 0.3 is 0 Å². The van der Waals surface area contributed by atoms with Gasteiger partial charge in [-0.05, 0) is 56.7 Å². The molecule has 2 aliphatic rings. The number of hydrogen-bond acceptors (Lipinski definition) is 5. The highest BCUT2D eigenvalue weighted by atomic mass is 35.5. The highest BCUT2D eigenvalue weighted by Crippen LogP contribution is 2.29. The molecule has 1 atom stereocenters. The van der Waals surface area contributed by atoms with Crippen molar-refractivity contribution in [2.75, 3.05) is 32.5 Å². The van der Waals surface area contributed by atoms with E-state index in [0.29, 0.717) is 24.6 Å². The molecule has 0 aromatic heterocycles. The van der Waals surface area contributed by atoms with Gasteiger partial charge in [0.25, 0.3) is 0 Å². The summed E-state index contributed by atoms with van der Waals surface area (Å²) in [6.07, 6.45) is 5.57. The van der Waals surface area contributed by atoms with Gasteiger partial charge < -0.3 is 10.1 Å². The molecule has 1 aliphatic heterocycles. The Morgan fingerprint density at radius 3 is 2.56 bits per heavy atom. The largest absolute Gasteiger partial charge is 0.490 e. The molecular weight excluding hydrogens is 391 g/mol. The fraction of sp³-hybridized carbons (Fsp3) is 0.684. The van der Waals surface area contributed by atoms with E-state index in [9.17, 15) is 12.8 Å². The molecule has 1 aromatic carbocycles. The molecule has 0 spiro atoms. The van der Waals surface area contributed by atoms with Crippen LogP contribution in [0.4, 0.5) is 4.39 Å². The van der Waals surface area contributed by atoms with E-state index in [0.717, 1.165) is 57.6 Å². The molecule has 27 heavy (non-hydrogen) atoms. The molecule has 1 saturated heterocycles. The van der Waals surface area contributed by atoms with E-state index in [1.54, 1.807) is 0 Å². The van der Waals surface area contributed by atoms with Crippen molar-refractivity contribution in [2.45, 2.75) is 49.6 Å². The van der Waals surface area contributed by atoms with Gasteiger partial charge in [-0.25, -0.2) is 12.8 Å². The van der Waals surface area contributed by atoms with Crippen LogP contribution in [0.15, 0.2) is 23.1 Å². The average molecular weight is 421 g/mol. The predicted octanol–water partition coefficient (Wildman–Crippen LogP) is 2.88. The Morgan fingerprint density at radius 1 is 1.26 bits per heavy atom. The van der Waals surface area contributed by atoms with E-state index < -0.39 is 15.7 Å². The maximum absolute atomic E-state index is 14.1. The maximum Gasteiger partial charge on any atom is 0.175 e. The van der Waals surface area contributed by atoms with E-state index in [1.807, 2.05) is 0 Å². The number of nitrogens with one attached hydrogen (secondary N) is 1. The molecule has 0 unspecified atom stereocenters. The predicted molar refractivity (Wildman–Crippen MR) is 107 cm³/mol. The minimum atomic E-state index is -3.40. The molecule has 0 bridgehead atoms. The molecule has 2 fully saturated rings. The minimum absolute atomic E-state index is 0. The third kappa shape index (κ3) is 6.04. The maximum atomic E-state index is 14.1. The van der Waals surface area contributed by atoms with Crippen molar-refractivity contribution < 1.29 is 17.5 Å². The van der Waals surface area contributed by atoms with Crippen LogP contribution in [0.2, 0.25) is 0 Å². The van der Waals surface area contributed by atoms with Gasteiger partial charge in [-0.15, -0.1) is 12.4 Å². The van der Waals surface area contributed by atoms with Crippen molar-refractivity contribution in [2.24, 2.45) is 5.92 Å². The van der Waals surface area contributed by atoms with E-state index in [1.165, 1.54) is 12.1 Å². The Hall–Kier alpha value is -0.890. The second kappa shape index (κ2) is 9.54. The molecule has 1 saturated carbocycles. The lowest BCUT2D eigenvalue weighted by atomic mass is 9.85. The molecule has 154 valence electrons. The Morgan fingerprint density at radius 2 is 1.96 bits per heavy atom. The summed E-state index contributed by atoms with van der Waals surface area (Å²) in [7, 11) is -3.40. The molecular formula is C19H30ClFN2O3S. The Labute approximate surface area is 168 Å². The fourth-order valence-corrected chi connectivity index (χ4v) is 4.64. The lowest BCUT2D eigenvalue weighted by molar-refractivity contribution is 0.0923. The number of piperazine rings is 1. The first-order chi connectivity index (χ1) is 12.3. The smallest absolute Gasteiger partial charge is 0.175 e. The van der Waals surface area contributed by atoms with Crippen molar-refractivity contribution in [1.82, 2.24) is 10.2 Å². The van der Waals surface area contributed by atoms with Crippen LogP contribution < -0.4 is 10.1 Å². The van der Waals surface area contributed by atoms with Crippen molar-refractivity contribution in [1.29, 1.82) is 0 Å². The van der Waals surface area contributed by atoms with Crippen molar-refractivity contribution in [3.8, 4) is 5.75 Å². The summed E-state index contributed by atoms with van der Waals surface area (Å²) in [5.41, 5.74) is 0. The van der Waals surface area contributed by atoms with Gasteiger partial charge in [0, 0.05) is 38.0 Å². The fourth-order valence-electron chi connectivity index (χ4n) is 4.01. The number of nitrogens with zero attached hydrogens (tertiary/aromatic N) is 1. The average Bonchev–Trinajstić information content (AvgIpc) is 2.60. The summed E-state index contributed by atoms with van der Waals surface area (Å²) >= 11 is 0. The number of halogens is 2. The number of rotatable bonds is 5. The standard InChI is InChI=1S/C19H29FN2O3S.ClH/c1-14-12-22(10-9-21-14)16-5-3-15(4-6-16)13-25-19-8-7-17(11-18(19)20)26(2,23)24;/h7-8,11,14-16,21H,3-6,9-10,12-13H2,1-2H3;1H/t14-,15?,16?;/m0./s1. The lowest BCUT2D eigenvalue weighted by Crippen LogP contribution is -2.53. The van der Waals surface area contributed by atoms with Crippen LogP contribution in [0, 0.1) is 11.7 Å². The molecule has 8 heteroatoms. The van der Waals surface area contributed by atoms with Gasteiger partial charge in [0.2, 0.25) is 0 Å². The summed E-state index contributed by atoms with van der Waals surface area (Å²) in [5.74, 6) is -0.0487. The SMILES string of the molecule is C[C@H]1CN(C2CCC(COc3ccc(S(C)(=O)=O)cc3F)CC2)CCN1.Cl. The lowest BCUT2D eigenvalue weighted by Gasteiger charge is -2.41. The Balaban J connectivity index is 0.00000261. The van der Waals surface area contributed by atoms with Crippen LogP contribution in [0.5, 0.6) is 5.75 Å². The van der Waals surface area contributed by atoms with E-state index in [4.69, 9.17) is 4.74 Å². The highest BCUT2D eigenvalue weighted by Gasteiger charge is 2.28. The van der Waals surface area contributed by atoms with Crippen LogP contribution in [0.25, 0.3) is 0 Å². The second-order valence-electron chi connectivity index (χ2n) is 7.70. The van der Waals surface area contributed by atoms with Gasteiger partial charge in [0.1, 0.15) is 0 Å². The van der Waals surface area contributed by atoms with Crippen molar-refractivity contribution in [3.63, 3.8) is 0 Å². The first-order valence-corrected chi connectivity index (χ1v) is 11.3. The first-order valence-electron chi connectivity index (χ1n) is 9.43. The summed E-state index contributed by atoms with van der Waals surface area (Å²) in [6, 6.07) is 5.06. The van der Waals surface area contributed by atoms with Gasteiger partial charge in [0.15, 0.2) is 21.4 Å². The molecule has 0 radical (unpaired) electrons. The third-order valence-electron chi connectivity index (χ3n) is 5.54. The van der Waals surface area contributed by atoms with Crippen LogP contribution in [0.1, 0.15) is 32.6 Å². The topological polar surface area (TPSA) is 58.6 Å². The summed E-state index contributed by atoms with van der Waals surface area (Å²) < 4.78 is 42.7. The zero-order chi connectivity index (χ0) is 18.7. The molecule has 1 aliphatic carbocycles. The van der Waals surface area contributed by atoms with Crippen molar-refractivity contribution in [3.05, 3.63) is 24.0 Å². The third-order valence-corrected chi connectivity index (χ3v) is 6.65. The first kappa shape index (κ1) is 22.4. The van der Waals surface area contributed by atoms with E-state index in [-0.39, 0.29) is 23.1 Å². The molecule has 1 aromatic rings. The summed E-state index contributed by atoms with van der Waals surface area (Å²) in [5, 5.41) is 3.48. The molecule has 1 heterocycles. The van der Waals surface area contributed by atoms with Crippen LogP contribution in [-0.2, 0) is 9.84 Å².